The number of rotatable bonds is 2. The molecule has 1 heterocycles. The molecule has 0 radical (unpaired) electrons. The van der Waals surface area contributed by atoms with Gasteiger partial charge in [0.1, 0.15) is 0 Å². The Bertz CT molecular complexity index is 572. The Morgan fingerprint density at radius 3 is 2.94 bits per heavy atom. The lowest BCUT2D eigenvalue weighted by Gasteiger charge is -2.06. The van der Waals surface area contributed by atoms with Crippen molar-refractivity contribution in [1.82, 2.24) is 4.98 Å². The third-order valence-corrected chi connectivity index (χ3v) is 3.72. The molecule has 0 saturated heterocycles. The fourth-order valence-corrected chi connectivity index (χ4v) is 2.49. The minimum absolute atomic E-state index is 0.266. The molecule has 88 valence electrons. The van der Waals surface area contributed by atoms with Crippen LogP contribution in [-0.4, -0.2) is 10.9 Å². The summed E-state index contributed by atoms with van der Waals surface area (Å²) in [6, 6.07) is 4.91. The van der Waals surface area contributed by atoms with E-state index in [-0.39, 0.29) is 11.6 Å². The third kappa shape index (κ3) is 2.77. The Hall–Kier alpha value is -1.11. The average molecular weight is 333 g/mol. The molecule has 1 aromatic carbocycles. The van der Waals surface area contributed by atoms with Crippen LogP contribution < -0.4 is 11.1 Å². The van der Waals surface area contributed by atoms with Gasteiger partial charge in [-0.15, -0.1) is 0 Å². The first-order valence-electron chi connectivity index (χ1n) is 4.54. The van der Waals surface area contributed by atoms with Crippen molar-refractivity contribution < 1.29 is 4.79 Å². The number of carbonyl (C=O) groups is 1. The summed E-state index contributed by atoms with van der Waals surface area (Å²) in [4.78, 5) is 15.9. The molecule has 0 saturated carbocycles. The molecular formula is C10H7BrClN3OS. The third-order valence-electron chi connectivity index (χ3n) is 2.00. The van der Waals surface area contributed by atoms with Crippen LogP contribution in [0.5, 0.6) is 0 Å². The van der Waals surface area contributed by atoms with E-state index in [1.807, 2.05) is 0 Å². The van der Waals surface area contributed by atoms with E-state index in [0.29, 0.717) is 15.7 Å². The lowest BCUT2D eigenvalue weighted by atomic mass is 10.1. The second kappa shape index (κ2) is 5.03. The number of para-hydroxylation sites is 1. The predicted octanol–water partition coefficient (Wildman–Crippen LogP) is 3.39. The van der Waals surface area contributed by atoms with Gasteiger partial charge in [0.05, 0.1) is 26.3 Å². The lowest BCUT2D eigenvalue weighted by molar-refractivity contribution is 0.102. The molecule has 4 nitrogen and oxygen atoms in total. The SMILES string of the molecule is Nc1c(Cl)cccc1C(=O)Nc1ncc(Br)s1. The topological polar surface area (TPSA) is 68.0 Å². The Balaban J connectivity index is 2.23. The van der Waals surface area contributed by atoms with Gasteiger partial charge in [-0.1, -0.05) is 29.0 Å². The van der Waals surface area contributed by atoms with Crippen molar-refractivity contribution in [2.45, 2.75) is 0 Å². The van der Waals surface area contributed by atoms with Crippen LogP contribution in [-0.2, 0) is 0 Å². The van der Waals surface area contributed by atoms with E-state index in [1.54, 1.807) is 24.4 Å². The average Bonchev–Trinajstić information content (AvgIpc) is 2.68. The van der Waals surface area contributed by atoms with Crippen molar-refractivity contribution in [3.8, 4) is 0 Å². The first kappa shape index (κ1) is 12.3. The largest absolute Gasteiger partial charge is 0.397 e. The number of hydrogen-bond acceptors (Lipinski definition) is 4. The summed E-state index contributed by atoms with van der Waals surface area (Å²) in [5.41, 5.74) is 6.33. The van der Waals surface area contributed by atoms with Crippen LogP contribution in [0.3, 0.4) is 0 Å². The van der Waals surface area contributed by atoms with Gasteiger partial charge in [0, 0.05) is 0 Å². The van der Waals surface area contributed by atoms with Crippen molar-refractivity contribution in [3.05, 3.63) is 38.8 Å². The normalized spacial score (nSPS) is 10.2. The number of nitrogens with zero attached hydrogens (tertiary/aromatic N) is 1. The summed E-state index contributed by atoms with van der Waals surface area (Å²) in [6.07, 6.45) is 1.61. The van der Waals surface area contributed by atoms with Gasteiger partial charge in [0.25, 0.3) is 5.91 Å². The summed E-state index contributed by atoms with van der Waals surface area (Å²) >= 11 is 10.4. The minimum atomic E-state index is -0.327. The number of halogens is 2. The zero-order valence-electron chi connectivity index (χ0n) is 8.41. The molecule has 2 rings (SSSR count). The summed E-state index contributed by atoms with van der Waals surface area (Å²) < 4.78 is 0.840. The van der Waals surface area contributed by atoms with Gasteiger partial charge in [-0.05, 0) is 28.1 Å². The number of carbonyl (C=O) groups excluding carboxylic acids is 1. The zero-order chi connectivity index (χ0) is 12.4. The number of nitrogens with one attached hydrogen (secondary N) is 1. The van der Waals surface area contributed by atoms with E-state index >= 15 is 0 Å². The van der Waals surface area contributed by atoms with Crippen molar-refractivity contribution in [2.24, 2.45) is 0 Å². The highest BCUT2D eigenvalue weighted by molar-refractivity contribution is 9.11. The van der Waals surface area contributed by atoms with Crippen molar-refractivity contribution >= 4 is 55.6 Å². The van der Waals surface area contributed by atoms with Gasteiger partial charge < -0.3 is 5.73 Å². The molecule has 3 N–H and O–H groups in total. The van der Waals surface area contributed by atoms with Crippen molar-refractivity contribution in [2.75, 3.05) is 11.1 Å². The summed E-state index contributed by atoms with van der Waals surface area (Å²) in [6.45, 7) is 0. The molecule has 7 heteroatoms. The Labute approximate surface area is 115 Å². The maximum atomic E-state index is 11.9. The molecule has 0 aliphatic heterocycles. The van der Waals surface area contributed by atoms with Gasteiger partial charge in [-0.25, -0.2) is 4.98 Å². The molecule has 2 aromatic rings. The Morgan fingerprint density at radius 1 is 1.53 bits per heavy atom. The first-order chi connectivity index (χ1) is 8.08. The Morgan fingerprint density at radius 2 is 2.29 bits per heavy atom. The predicted molar refractivity (Wildman–Crippen MR) is 73.6 cm³/mol. The van der Waals surface area contributed by atoms with Crippen LogP contribution in [0.25, 0.3) is 0 Å². The quantitative estimate of drug-likeness (QED) is 0.828. The molecular weight excluding hydrogens is 326 g/mol. The molecule has 0 spiro atoms. The highest BCUT2D eigenvalue weighted by Gasteiger charge is 2.13. The smallest absolute Gasteiger partial charge is 0.259 e. The van der Waals surface area contributed by atoms with Gasteiger partial charge in [0.2, 0.25) is 0 Å². The van der Waals surface area contributed by atoms with E-state index in [0.717, 1.165) is 3.79 Å². The van der Waals surface area contributed by atoms with Crippen LogP contribution >= 0.6 is 38.9 Å². The lowest BCUT2D eigenvalue weighted by Crippen LogP contribution is -2.13. The number of nitrogens with two attached hydrogens (primary N) is 1. The van der Waals surface area contributed by atoms with Crippen molar-refractivity contribution in [1.29, 1.82) is 0 Å². The zero-order valence-corrected chi connectivity index (χ0v) is 11.6. The number of nitrogen functional groups attached to an aromatic ring is 1. The number of anilines is 2. The second-order valence-electron chi connectivity index (χ2n) is 3.12. The van der Waals surface area contributed by atoms with Crippen LogP contribution in [0.4, 0.5) is 10.8 Å². The van der Waals surface area contributed by atoms with Crippen LogP contribution in [0, 0.1) is 0 Å². The monoisotopic (exact) mass is 331 g/mol. The fraction of sp³-hybridized carbons (Fsp3) is 0. The van der Waals surface area contributed by atoms with E-state index in [4.69, 9.17) is 17.3 Å². The second-order valence-corrected chi connectivity index (χ2v) is 5.94. The van der Waals surface area contributed by atoms with Crippen LogP contribution in [0.2, 0.25) is 5.02 Å². The fourth-order valence-electron chi connectivity index (χ4n) is 1.21. The molecule has 17 heavy (non-hydrogen) atoms. The molecule has 0 unspecified atom stereocenters. The maximum Gasteiger partial charge on any atom is 0.259 e. The van der Waals surface area contributed by atoms with E-state index in [1.165, 1.54) is 11.3 Å². The molecule has 0 aliphatic rings. The molecule has 1 aromatic heterocycles. The number of hydrogen-bond donors (Lipinski definition) is 2. The van der Waals surface area contributed by atoms with Crippen LogP contribution in [0.1, 0.15) is 10.4 Å². The minimum Gasteiger partial charge on any atom is -0.397 e. The summed E-state index contributed by atoms with van der Waals surface area (Å²) in [5, 5.41) is 3.51. The number of benzene rings is 1. The number of aromatic nitrogens is 1. The standard InChI is InChI=1S/C10H7BrClN3OS/c11-7-4-14-10(17-7)15-9(16)5-2-1-3-6(12)8(5)13/h1-4H,13H2,(H,14,15,16). The van der Waals surface area contributed by atoms with Gasteiger partial charge in [-0.3, -0.25) is 10.1 Å². The van der Waals surface area contributed by atoms with Gasteiger partial charge in [0.15, 0.2) is 5.13 Å². The van der Waals surface area contributed by atoms with E-state index in [9.17, 15) is 4.79 Å². The molecule has 0 atom stereocenters. The molecule has 0 aliphatic carbocycles. The van der Waals surface area contributed by atoms with Gasteiger partial charge >= 0.3 is 0 Å². The molecule has 0 fully saturated rings. The van der Waals surface area contributed by atoms with Gasteiger partial charge in [-0.2, -0.15) is 0 Å². The highest BCUT2D eigenvalue weighted by atomic mass is 79.9. The Kier molecular flexibility index (Phi) is 3.66. The highest BCUT2D eigenvalue weighted by Crippen LogP contribution is 2.26. The first-order valence-corrected chi connectivity index (χ1v) is 6.53. The summed E-state index contributed by atoms with van der Waals surface area (Å²) in [5.74, 6) is -0.327. The molecule has 1 amide bonds. The number of amides is 1. The van der Waals surface area contributed by atoms with Crippen LogP contribution in [0.15, 0.2) is 28.2 Å². The summed E-state index contributed by atoms with van der Waals surface area (Å²) in [7, 11) is 0. The molecule has 0 bridgehead atoms. The van der Waals surface area contributed by atoms with E-state index < -0.39 is 0 Å². The maximum absolute atomic E-state index is 11.9. The van der Waals surface area contributed by atoms with E-state index in [2.05, 4.69) is 26.2 Å². The van der Waals surface area contributed by atoms with Crippen molar-refractivity contribution in [3.63, 3.8) is 0 Å². The number of thiazole rings is 1.